The van der Waals surface area contributed by atoms with Gasteiger partial charge >= 0.3 is 0 Å². The van der Waals surface area contributed by atoms with Crippen molar-refractivity contribution in [2.45, 2.75) is 47.0 Å². The molecule has 0 radical (unpaired) electrons. The van der Waals surface area contributed by atoms with Crippen molar-refractivity contribution in [3.05, 3.63) is 27.3 Å². The van der Waals surface area contributed by atoms with E-state index in [9.17, 15) is 5.26 Å². The summed E-state index contributed by atoms with van der Waals surface area (Å²) in [6.45, 7) is 10.5. The number of hydrogen-bond donors (Lipinski definition) is 0. The zero-order valence-electron chi connectivity index (χ0n) is 11.6. The van der Waals surface area contributed by atoms with Gasteiger partial charge in [-0.3, -0.25) is 0 Å². The molecule has 18 heavy (non-hydrogen) atoms. The van der Waals surface area contributed by atoms with Crippen molar-refractivity contribution in [1.82, 2.24) is 4.98 Å². The van der Waals surface area contributed by atoms with Crippen LogP contribution in [0.1, 0.15) is 47.0 Å². The van der Waals surface area contributed by atoms with Gasteiger partial charge in [0, 0.05) is 0 Å². The average molecular weight is 258 g/mol. The van der Waals surface area contributed by atoms with Gasteiger partial charge in [-0.1, -0.05) is 6.92 Å². The Morgan fingerprint density at radius 2 is 1.89 bits per heavy atom. The number of benzene rings is 1. The van der Waals surface area contributed by atoms with Crippen LogP contribution in [0.2, 0.25) is 0 Å². The van der Waals surface area contributed by atoms with Crippen LogP contribution in [0.4, 0.5) is 0 Å². The van der Waals surface area contributed by atoms with Crippen LogP contribution in [0.15, 0.2) is 0 Å². The van der Waals surface area contributed by atoms with Crippen molar-refractivity contribution >= 4 is 21.6 Å². The number of nitriles is 1. The highest BCUT2D eigenvalue weighted by Crippen LogP contribution is 2.36. The van der Waals surface area contributed by atoms with Gasteiger partial charge in [-0.05, 0) is 56.4 Å². The van der Waals surface area contributed by atoms with Gasteiger partial charge < -0.3 is 0 Å². The Labute approximate surface area is 112 Å². The Bertz CT molecular complexity index is 647. The van der Waals surface area contributed by atoms with Gasteiger partial charge in [-0.25, -0.2) is 4.98 Å². The first-order valence-corrected chi connectivity index (χ1v) is 7.11. The van der Waals surface area contributed by atoms with Crippen LogP contribution in [0, 0.1) is 32.1 Å². The summed E-state index contributed by atoms with van der Waals surface area (Å²) in [4.78, 5) is 4.71. The molecular weight excluding hydrogens is 240 g/mol. The quantitative estimate of drug-likeness (QED) is 0.800. The Kier molecular flexibility index (Phi) is 3.41. The van der Waals surface area contributed by atoms with E-state index >= 15 is 0 Å². The topological polar surface area (TPSA) is 36.7 Å². The normalized spacial score (nSPS) is 12.7. The number of thiazole rings is 1. The van der Waals surface area contributed by atoms with Crippen LogP contribution >= 0.6 is 11.3 Å². The number of fused-ring (bicyclic) bond motifs is 1. The van der Waals surface area contributed by atoms with Crippen molar-refractivity contribution in [3.63, 3.8) is 0 Å². The lowest BCUT2D eigenvalue weighted by Crippen LogP contribution is -2.00. The van der Waals surface area contributed by atoms with Gasteiger partial charge in [0.15, 0.2) is 0 Å². The lowest BCUT2D eigenvalue weighted by Gasteiger charge is -2.15. The Morgan fingerprint density at radius 3 is 2.44 bits per heavy atom. The average Bonchev–Trinajstić information content (AvgIpc) is 2.80. The maximum Gasteiger partial charge on any atom is 0.0936 e. The molecule has 2 aromatic rings. The predicted octanol–water partition coefficient (Wildman–Crippen LogP) is 4.41. The fourth-order valence-corrected chi connectivity index (χ4v) is 3.60. The molecule has 94 valence electrons. The van der Waals surface area contributed by atoms with Crippen molar-refractivity contribution in [2.75, 3.05) is 0 Å². The highest BCUT2D eigenvalue weighted by atomic mass is 32.1. The molecule has 2 nitrogen and oxygen atoms in total. The summed E-state index contributed by atoms with van der Waals surface area (Å²) < 4.78 is 1.26. The Morgan fingerprint density at radius 1 is 1.22 bits per heavy atom. The molecule has 1 unspecified atom stereocenters. The third-order valence-corrected chi connectivity index (χ3v) is 4.99. The van der Waals surface area contributed by atoms with Gasteiger partial charge in [-0.2, -0.15) is 5.26 Å². The van der Waals surface area contributed by atoms with Crippen LogP contribution in [0.25, 0.3) is 10.2 Å². The molecule has 1 aromatic carbocycles. The lowest BCUT2D eigenvalue weighted by molar-refractivity contribution is 0.951. The summed E-state index contributed by atoms with van der Waals surface area (Å²) in [5.74, 6) is -0.0553. The molecule has 0 aliphatic carbocycles. The van der Waals surface area contributed by atoms with Crippen LogP contribution in [0.3, 0.4) is 0 Å². The second-order valence-corrected chi connectivity index (χ2v) is 5.86. The molecule has 0 aliphatic rings. The molecule has 1 atom stereocenters. The first-order valence-electron chi connectivity index (χ1n) is 6.29. The molecule has 0 bridgehead atoms. The molecule has 2 rings (SSSR count). The summed E-state index contributed by atoms with van der Waals surface area (Å²) >= 11 is 1.77. The van der Waals surface area contributed by atoms with E-state index in [1.54, 1.807) is 11.3 Å². The summed E-state index contributed by atoms with van der Waals surface area (Å²) in [6, 6.07) is 2.36. The van der Waals surface area contributed by atoms with Crippen LogP contribution in [-0.2, 0) is 6.42 Å². The minimum absolute atomic E-state index is 0.0553. The minimum Gasteiger partial charge on any atom is -0.241 e. The van der Waals surface area contributed by atoms with E-state index in [-0.39, 0.29) is 5.92 Å². The predicted molar refractivity (Wildman–Crippen MR) is 77.2 cm³/mol. The number of hydrogen-bond acceptors (Lipinski definition) is 3. The number of aryl methyl sites for hydroxylation is 3. The minimum atomic E-state index is -0.0553. The third-order valence-electron chi connectivity index (χ3n) is 3.67. The smallest absolute Gasteiger partial charge is 0.0936 e. The first-order chi connectivity index (χ1) is 8.51. The van der Waals surface area contributed by atoms with Crippen molar-refractivity contribution in [1.29, 1.82) is 5.26 Å². The summed E-state index contributed by atoms with van der Waals surface area (Å²) in [7, 11) is 0. The Balaban J connectivity index is 2.86. The van der Waals surface area contributed by atoms with E-state index < -0.39 is 0 Å². The van der Waals surface area contributed by atoms with E-state index in [2.05, 4.69) is 33.8 Å². The van der Waals surface area contributed by atoms with E-state index in [0.29, 0.717) is 0 Å². The van der Waals surface area contributed by atoms with Gasteiger partial charge in [-0.15, -0.1) is 11.3 Å². The fourth-order valence-electron chi connectivity index (χ4n) is 2.52. The van der Waals surface area contributed by atoms with E-state index in [1.807, 2.05) is 6.92 Å². The van der Waals surface area contributed by atoms with Crippen LogP contribution in [0.5, 0.6) is 0 Å². The molecule has 0 N–H and O–H groups in total. The Hall–Kier alpha value is -1.40. The SMILES string of the molecule is CCc1nc2c(C)c(C)c(C(C)C#N)c(C)c2s1. The van der Waals surface area contributed by atoms with Crippen molar-refractivity contribution in [2.24, 2.45) is 0 Å². The van der Waals surface area contributed by atoms with Gasteiger partial charge in [0.2, 0.25) is 0 Å². The molecule has 1 heterocycles. The van der Waals surface area contributed by atoms with Crippen LogP contribution < -0.4 is 0 Å². The zero-order chi connectivity index (χ0) is 13.4. The highest BCUT2D eigenvalue weighted by Gasteiger charge is 2.19. The molecule has 0 saturated heterocycles. The second-order valence-electron chi connectivity index (χ2n) is 4.78. The molecule has 0 spiro atoms. The number of nitrogens with zero attached hydrogens (tertiary/aromatic N) is 2. The molecule has 0 amide bonds. The number of rotatable bonds is 2. The largest absolute Gasteiger partial charge is 0.241 e. The standard InChI is InChI=1S/C15H18N2S/c1-6-12-17-14-10(4)9(3)13(8(2)7-16)11(5)15(14)18-12/h8H,6H2,1-5H3. The van der Waals surface area contributed by atoms with E-state index in [0.717, 1.165) is 11.9 Å². The maximum absolute atomic E-state index is 9.19. The summed E-state index contributed by atoms with van der Waals surface area (Å²) in [5.41, 5.74) is 6.00. The molecule has 0 saturated carbocycles. The van der Waals surface area contributed by atoms with E-state index in [4.69, 9.17) is 4.98 Å². The maximum atomic E-state index is 9.19. The monoisotopic (exact) mass is 258 g/mol. The molecular formula is C15H18N2S. The molecule has 1 aromatic heterocycles. The van der Waals surface area contributed by atoms with Crippen molar-refractivity contribution < 1.29 is 0 Å². The summed E-state index contributed by atoms with van der Waals surface area (Å²) in [5, 5.41) is 10.4. The first kappa shape index (κ1) is 13.0. The molecule has 3 heteroatoms. The van der Waals surface area contributed by atoms with Crippen molar-refractivity contribution in [3.8, 4) is 6.07 Å². The van der Waals surface area contributed by atoms with Crippen LogP contribution in [-0.4, -0.2) is 4.98 Å². The van der Waals surface area contributed by atoms with E-state index in [1.165, 1.54) is 32.0 Å². The fraction of sp³-hybridized carbons (Fsp3) is 0.467. The third kappa shape index (κ3) is 1.81. The summed E-state index contributed by atoms with van der Waals surface area (Å²) in [6.07, 6.45) is 0.973. The van der Waals surface area contributed by atoms with Gasteiger partial charge in [0.1, 0.15) is 0 Å². The molecule has 0 aliphatic heterocycles. The lowest BCUT2D eigenvalue weighted by atomic mass is 9.89. The molecule has 0 fully saturated rings. The van der Waals surface area contributed by atoms with Gasteiger partial charge in [0.05, 0.1) is 27.2 Å². The highest BCUT2D eigenvalue weighted by molar-refractivity contribution is 7.18. The second kappa shape index (κ2) is 4.70. The number of aromatic nitrogens is 1. The zero-order valence-corrected chi connectivity index (χ0v) is 12.4. The van der Waals surface area contributed by atoms with Gasteiger partial charge in [0.25, 0.3) is 0 Å².